The summed E-state index contributed by atoms with van der Waals surface area (Å²) in [4.78, 5) is 0. The normalized spacial score (nSPS) is 32.8. The maximum atomic E-state index is 10.3. The number of aliphatic hydroxyl groups excluding tert-OH is 1. The molecule has 0 unspecified atom stereocenters. The van der Waals surface area contributed by atoms with Crippen LogP contribution in [0.1, 0.15) is 52.4 Å². The molecule has 100 valence electrons. The van der Waals surface area contributed by atoms with Gasteiger partial charge in [-0.3, -0.25) is 0 Å². The van der Waals surface area contributed by atoms with Gasteiger partial charge in [-0.1, -0.05) is 46.0 Å². The van der Waals surface area contributed by atoms with Crippen LogP contribution in [0.25, 0.3) is 0 Å². The summed E-state index contributed by atoms with van der Waals surface area (Å²) < 4.78 is 5.49. The maximum absolute atomic E-state index is 10.3. The van der Waals surface area contributed by atoms with Crippen molar-refractivity contribution >= 4 is 0 Å². The third-order valence-electron chi connectivity index (χ3n) is 4.48. The van der Waals surface area contributed by atoms with Crippen molar-refractivity contribution in [2.45, 2.75) is 70.6 Å². The van der Waals surface area contributed by atoms with Crippen LogP contribution < -0.4 is 5.73 Å². The predicted octanol–water partition coefficient (Wildman–Crippen LogP) is 2.07. The highest BCUT2D eigenvalue weighted by molar-refractivity contribution is 4.96. The second-order valence-electron chi connectivity index (χ2n) is 6.61. The van der Waals surface area contributed by atoms with Crippen LogP contribution in [0.15, 0.2) is 0 Å². The second kappa shape index (κ2) is 5.25. The first-order valence-electron chi connectivity index (χ1n) is 7.06. The van der Waals surface area contributed by atoms with E-state index in [1.165, 1.54) is 32.1 Å². The lowest BCUT2D eigenvalue weighted by atomic mass is 9.75. The van der Waals surface area contributed by atoms with E-state index in [4.69, 9.17) is 10.5 Å². The lowest BCUT2D eigenvalue weighted by molar-refractivity contribution is -0.215. The Hall–Kier alpha value is -0.120. The van der Waals surface area contributed by atoms with Crippen molar-refractivity contribution in [2.24, 2.45) is 17.1 Å². The number of hydrogen-bond donors (Lipinski definition) is 2. The Balaban J connectivity index is 1.80. The summed E-state index contributed by atoms with van der Waals surface area (Å²) in [6.45, 7) is 5.01. The summed E-state index contributed by atoms with van der Waals surface area (Å²) in [6, 6.07) is -0.123. The lowest BCUT2D eigenvalue weighted by Gasteiger charge is -2.48. The molecule has 0 spiro atoms. The van der Waals surface area contributed by atoms with E-state index in [0.717, 1.165) is 18.9 Å². The molecule has 3 atom stereocenters. The Labute approximate surface area is 105 Å². The van der Waals surface area contributed by atoms with Crippen LogP contribution >= 0.6 is 0 Å². The Bertz CT molecular complexity index is 249. The highest BCUT2D eigenvalue weighted by Gasteiger charge is 2.46. The van der Waals surface area contributed by atoms with E-state index in [-0.39, 0.29) is 17.6 Å². The van der Waals surface area contributed by atoms with Crippen LogP contribution in [0.4, 0.5) is 0 Å². The molecule has 0 radical (unpaired) electrons. The molecule has 3 nitrogen and oxygen atoms in total. The van der Waals surface area contributed by atoms with Crippen LogP contribution in [-0.2, 0) is 4.74 Å². The first-order valence-corrected chi connectivity index (χ1v) is 7.06. The van der Waals surface area contributed by atoms with E-state index >= 15 is 0 Å². The number of hydrogen-bond acceptors (Lipinski definition) is 3. The van der Waals surface area contributed by atoms with Crippen molar-refractivity contribution in [3.05, 3.63) is 0 Å². The molecule has 0 aromatic carbocycles. The molecular weight excluding hydrogens is 214 g/mol. The van der Waals surface area contributed by atoms with Crippen LogP contribution in [0.3, 0.4) is 0 Å². The Morgan fingerprint density at radius 2 is 1.94 bits per heavy atom. The van der Waals surface area contributed by atoms with Crippen LogP contribution in [-0.4, -0.2) is 30.0 Å². The molecule has 0 amide bonds. The Kier molecular flexibility index (Phi) is 4.11. The molecular formula is C14H27NO2. The van der Waals surface area contributed by atoms with Crippen molar-refractivity contribution in [1.29, 1.82) is 0 Å². The smallest absolute Gasteiger partial charge is 0.0958 e. The molecule has 3 heteroatoms. The molecule has 2 aliphatic rings. The van der Waals surface area contributed by atoms with Gasteiger partial charge in [0.15, 0.2) is 0 Å². The van der Waals surface area contributed by atoms with Gasteiger partial charge < -0.3 is 15.6 Å². The highest BCUT2D eigenvalue weighted by Crippen LogP contribution is 2.37. The quantitative estimate of drug-likeness (QED) is 0.792. The summed E-state index contributed by atoms with van der Waals surface area (Å²) in [5.74, 6) is 0.719. The number of rotatable bonds is 4. The van der Waals surface area contributed by atoms with E-state index in [1.807, 2.05) is 0 Å². The topological polar surface area (TPSA) is 55.5 Å². The second-order valence-corrected chi connectivity index (χ2v) is 6.61. The molecule has 2 fully saturated rings. The minimum Gasteiger partial charge on any atom is -0.389 e. The zero-order chi connectivity index (χ0) is 12.5. The maximum Gasteiger partial charge on any atom is 0.0958 e. The summed E-state index contributed by atoms with van der Waals surface area (Å²) in [5.41, 5.74) is 6.24. The molecule has 1 saturated carbocycles. The predicted molar refractivity (Wildman–Crippen MR) is 68.7 cm³/mol. The van der Waals surface area contributed by atoms with E-state index < -0.39 is 6.10 Å². The van der Waals surface area contributed by atoms with Gasteiger partial charge in [0.2, 0.25) is 0 Å². The van der Waals surface area contributed by atoms with Gasteiger partial charge in [0.25, 0.3) is 0 Å². The third-order valence-corrected chi connectivity index (χ3v) is 4.48. The summed E-state index contributed by atoms with van der Waals surface area (Å²) >= 11 is 0. The van der Waals surface area contributed by atoms with Gasteiger partial charge in [0.05, 0.1) is 18.8 Å². The minimum atomic E-state index is -0.499. The molecule has 2 rings (SSSR count). The summed E-state index contributed by atoms with van der Waals surface area (Å²) in [5, 5.41) is 10.3. The Morgan fingerprint density at radius 3 is 2.41 bits per heavy atom. The number of aliphatic hydroxyl groups is 1. The van der Waals surface area contributed by atoms with Gasteiger partial charge in [-0.15, -0.1) is 0 Å². The largest absolute Gasteiger partial charge is 0.389 e. The van der Waals surface area contributed by atoms with Gasteiger partial charge >= 0.3 is 0 Å². The van der Waals surface area contributed by atoms with Gasteiger partial charge in [-0.2, -0.15) is 0 Å². The van der Waals surface area contributed by atoms with Crippen LogP contribution in [0.2, 0.25) is 0 Å². The van der Waals surface area contributed by atoms with Crippen molar-refractivity contribution < 1.29 is 9.84 Å². The molecule has 3 N–H and O–H groups in total. The average molecular weight is 241 g/mol. The lowest BCUT2D eigenvalue weighted by Crippen LogP contribution is -2.59. The molecule has 1 aliphatic carbocycles. The molecule has 1 saturated heterocycles. The molecule has 1 heterocycles. The van der Waals surface area contributed by atoms with Crippen molar-refractivity contribution in [3.63, 3.8) is 0 Å². The molecule has 0 aromatic rings. The number of ether oxygens (including phenoxy) is 1. The van der Waals surface area contributed by atoms with E-state index in [2.05, 4.69) is 13.8 Å². The van der Waals surface area contributed by atoms with E-state index in [9.17, 15) is 5.11 Å². The monoisotopic (exact) mass is 241 g/mol. The molecule has 0 aromatic heterocycles. The van der Waals surface area contributed by atoms with Gasteiger partial charge in [0.1, 0.15) is 0 Å². The fourth-order valence-electron chi connectivity index (χ4n) is 3.25. The zero-order valence-electron chi connectivity index (χ0n) is 11.2. The first kappa shape index (κ1) is 13.3. The standard InChI is InChI=1S/C14H27NO2/c1-14(2)9-17-13(14)12(16)11(15)8-10-6-4-3-5-7-10/h10-13,16H,3-9,15H2,1-2H3/t11-,12+,13+/m0/s1. The van der Waals surface area contributed by atoms with Crippen molar-refractivity contribution in [2.75, 3.05) is 6.61 Å². The van der Waals surface area contributed by atoms with Crippen molar-refractivity contribution in [3.8, 4) is 0 Å². The van der Waals surface area contributed by atoms with E-state index in [0.29, 0.717) is 0 Å². The van der Waals surface area contributed by atoms with Gasteiger partial charge in [-0.05, 0) is 12.3 Å². The van der Waals surface area contributed by atoms with Crippen LogP contribution in [0.5, 0.6) is 0 Å². The fraction of sp³-hybridized carbons (Fsp3) is 1.00. The summed E-state index contributed by atoms with van der Waals surface area (Å²) in [6.07, 6.45) is 6.99. The summed E-state index contributed by atoms with van der Waals surface area (Å²) in [7, 11) is 0. The fourth-order valence-corrected chi connectivity index (χ4v) is 3.25. The SMILES string of the molecule is CC1(C)CO[C@@H]1[C@H](O)[C@@H](N)CC1CCCCC1. The highest BCUT2D eigenvalue weighted by atomic mass is 16.5. The van der Waals surface area contributed by atoms with E-state index in [1.54, 1.807) is 0 Å². The minimum absolute atomic E-state index is 0.0684. The molecule has 1 aliphatic heterocycles. The van der Waals surface area contributed by atoms with Gasteiger partial charge in [-0.25, -0.2) is 0 Å². The molecule has 0 bridgehead atoms. The Morgan fingerprint density at radius 1 is 1.29 bits per heavy atom. The first-order chi connectivity index (χ1) is 8.00. The average Bonchev–Trinajstić information content (AvgIpc) is 2.29. The molecule has 17 heavy (non-hydrogen) atoms. The number of nitrogens with two attached hydrogens (primary N) is 1. The van der Waals surface area contributed by atoms with Crippen LogP contribution in [0, 0.1) is 11.3 Å². The zero-order valence-corrected chi connectivity index (χ0v) is 11.2. The van der Waals surface area contributed by atoms with Gasteiger partial charge in [0, 0.05) is 11.5 Å². The third kappa shape index (κ3) is 3.01. The van der Waals surface area contributed by atoms with Crippen molar-refractivity contribution in [1.82, 2.24) is 0 Å².